The van der Waals surface area contributed by atoms with E-state index in [1.165, 1.54) is 6.42 Å². The van der Waals surface area contributed by atoms with E-state index in [2.05, 4.69) is 23.9 Å². The highest BCUT2D eigenvalue weighted by Crippen LogP contribution is 2.25. The summed E-state index contributed by atoms with van der Waals surface area (Å²) in [4.78, 5) is 21.1. The Labute approximate surface area is 143 Å². The number of hydrogen-bond donors (Lipinski definition) is 0. The van der Waals surface area contributed by atoms with Gasteiger partial charge in [0, 0.05) is 30.7 Å². The van der Waals surface area contributed by atoms with Crippen LogP contribution in [-0.4, -0.2) is 52.7 Å². The van der Waals surface area contributed by atoms with Gasteiger partial charge in [0.15, 0.2) is 0 Å². The number of thiazole rings is 1. The molecule has 5 nitrogen and oxygen atoms in total. The first-order valence-electron chi connectivity index (χ1n) is 8.37. The summed E-state index contributed by atoms with van der Waals surface area (Å²) in [6.07, 6.45) is 4.93. The van der Waals surface area contributed by atoms with Crippen LogP contribution < -0.4 is 0 Å². The van der Waals surface area contributed by atoms with E-state index in [9.17, 15) is 4.79 Å². The lowest BCUT2D eigenvalue weighted by Crippen LogP contribution is -2.50. The van der Waals surface area contributed by atoms with Gasteiger partial charge in [-0.05, 0) is 54.0 Å². The number of hydrogen-bond acceptors (Lipinski definition) is 5. The Bertz CT molecular complexity index is 498. The average molecular weight is 340 g/mol. The lowest BCUT2D eigenvalue weighted by Gasteiger charge is -2.39. The number of aromatic nitrogens is 1. The Kier molecular flexibility index (Phi) is 6.03. The number of amides is 1. The summed E-state index contributed by atoms with van der Waals surface area (Å²) in [7, 11) is 2.11. The van der Waals surface area contributed by atoms with E-state index < -0.39 is 5.60 Å². The molecule has 6 heteroatoms. The van der Waals surface area contributed by atoms with E-state index in [0.29, 0.717) is 0 Å². The van der Waals surface area contributed by atoms with Gasteiger partial charge in [-0.1, -0.05) is 0 Å². The molecule has 2 heterocycles. The first-order valence-corrected chi connectivity index (χ1v) is 9.25. The fraction of sp³-hybridized carbons (Fsp3) is 0.765. The highest BCUT2D eigenvalue weighted by Gasteiger charge is 2.32. The smallest absolute Gasteiger partial charge is 0.410 e. The molecule has 0 bridgehead atoms. The van der Waals surface area contributed by atoms with Gasteiger partial charge < -0.3 is 9.64 Å². The van der Waals surface area contributed by atoms with Crippen LogP contribution in [-0.2, 0) is 4.74 Å². The monoisotopic (exact) mass is 339 g/mol. The van der Waals surface area contributed by atoms with Crippen LogP contribution in [0.1, 0.15) is 58.0 Å². The molecule has 130 valence electrons. The van der Waals surface area contributed by atoms with Gasteiger partial charge in [-0.25, -0.2) is 9.78 Å². The van der Waals surface area contributed by atoms with Crippen molar-refractivity contribution in [3.63, 3.8) is 0 Å². The predicted molar refractivity (Wildman–Crippen MR) is 93.7 cm³/mol. The predicted octanol–water partition coefficient (Wildman–Crippen LogP) is 3.93. The van der Waals surface area contributed by atoms with Crippen LogP contribution in [0.4, 0.5) is 4.79 Å². The summed E-state index contributed by atoms with van der Waals surface area (Å²) in [5.74, 6) is 0. The third kappa shape index (κ3) is 5.18. The van der Waals surface area contributed by atoms with Crippen molar-refractivity contribution in [2.24, 2.45) is 0 Å². The lowest BCUT2D eigenvalue weighted by atomic mass is 10.0. The second-order valence-electron chi connectivity index (χ2n) is 7.31. The maximum atomic E-state index is 12.5. The fourth-order valence-electron chi connectivity index (χ4n) is 2.87. The third-order valence-corrected chi connectivity index (χ3v) is 5.17. The molecule has 1 amide bonds. The van der Waals surface area contributed by atoms with E-state index in [1.54, 1.807) is 11.3 Å². The topological polar surface area (TPSA) is 45.7 Å². The minimum absolute atomic E-state index is 0.183. The molecule has 2 atom stereocenters. The van der Waals surface area contributed by atoms with E-state index >= 15 is 0 Å². The second kappa shape index (κ2) is 7.62. The minimum atomic E-state index is -0.445. The zero-order valence-electron chi connectivity index (χ0n) is 14.9. The first kappa shape index (κ1) is 18.2. The van der Waals surface area contributed by atoms with E-state index in [1.807, 2.05) is 37.2 Å². The molecule has 0 spiro atoms. The van der Waals surface area contributed by atoms with Gasteiger partial charge >= 0.3 is 6.09 Å². The zero-order chi connectivity index (χ0) is 17.0. The van der Waals surface area contributed by atoms with Crippen molar-refractivity contribution in [1.29, 1.82) is 0 Å². The van der Waals surface area contributed by atoms with Crippen LogP contribution in [0, 0.1) is 0 Å². The number of ether oxygens (including phenoxy) is 1. The van der Waals surface area contributed by atoms with Gasteiger partial charge in [-0.15, -0.1) is 11.3 Å². The normalized spacial score (nSPS) is 20.6. The SMILES string of the molecule is C[C@@H](c1nccs1)N(C)C[C@@H]1CCCCN1C(=O)OC(C)(C)C. The zero-order valence-corrected chi connectivity index (χ0v) is 15.7. The number of carbonyl (C=O) groups excluding carboxylic acids is 1. The fourth-order valence-corrected chi connectivity index (χ4v) is 3.63. The molecular formula is C17H29N3O2S. The van der Waals surface area contributed by atoms with Crippen molar-refractivity contribution in [2.75, 3.05) is 20.1 Å². The van der Waals surface area contributed by atoms with Crippen molar-refractivity contribution >= 4 is 17.4 Å². The number of likely N-dealkylation sites (tertiary alicyclic amines) is 1. The number of rotatable bonds is 4. The van der Waals surface area contributed by atoms with Gasteiger partial charge in [-0.2, -0.15) is 0 Å². The van der Waals surface area contributed by atoms with Crippen molar-refractivity contribution < 1.29 is 9.53 Å². The van der Waals surface area contributed by atoms with Crippen molar-refractivity contribution in [3.05, 3.63) is 16.6 Å². The summed E-state index contributed by atoms with van der Waals surface area (Å²) < 4.78 is 5.58. The van der Waals surface area contributed by atoms with Gasteiger partial charge in [-0.3, -0.25) is 4.90 Å². The van der Waals surface area contributed by atoms with Crippen LogP contribution in [0.25, 0.3) is 0 Å². The van der Waals surface area contributed by atoms with Gasteiger partial charge in [0.25, 0.3) is 0 Å². The van der Waals surface area contributed by atoms with E-state index in [0.717, 1.165) is 30.9 Å². The Morgan fingerprint density at radius 3 is 2.87 bits per heavy atom. The molecule has 0 radical (unpaired) electrons. The second-order valence-corrected chi connectivity index (χ2v) is 8.24. The standard InChI is InChI=1S/C17H29N3O2S/c1-13(15-18-9-11-23-15)19(5)12-14-8-6-7-10-20(14)16(21)22-17(2,3)4/h9,11,13-14H,6-8,10,12H2,1-5H3/t13-,14-/m0/s1. The van der Waals surface area contributed by atoms with Crippen LogP contribution in [0.3, 0.4) is 0 Å². The minimum Gasteiger partial charge on any atom is -0.444 e. The van der Waals surface area contributed by atoms with Crippen LogP contribution in [0.5, 0.6) is 0 Å². The molecule has 1 aliphatic heterocycles. The van der Waals surface area contributed by atoms with Gasteiger partial charge in [0.2, 0.25) is 0 Å². The van der Waals surface area contributed by atoms with Crippen LogP contribution in [0.15, 0.2) is 11.6 Å². The Balaban J connectivity index is 1.99. The quantitative estimate of drug-likeness (QED) is 0.834. The molecule has 0 unspecified atom stereocenters. The molecular weight excluding hydrogens is 310 g/mol. The van der Waals surface area contributed by atoms with E-state index in [4.69, 9.17) is 4.74 Å². The molecule has 1 aromatic heterocycles. The molecule has 1 aromatic rings. The first-order chi connectivity index (χ1) is 10.8. The van der Waals surface area contributed by atoms with Crippen LogP contribution >= 0.6 is 11.3 Å². The van der Waals surface area contributed by atoms with Crippen molar-refractivity contribution in [1.82, 2.24) is 14.8 Å². The molecule has 23 heavy (non-hydrogen) atoms. The largest absolute Gasteiger partial charge is 0.444 e. The molecule has 0 aromatic carbocycles. The van der Waals surface area contributed by atoms with Gasteiger partial charge in [0.1, 0.15) is 10.6 Å². The molecule has 1 fully saturated rings. The average Bonchev–Trinajstić information content (AvgIpc) is 2.99. The number of nitrogens with zero attached hydrogens (tertiary/aromatic N) is 3. The maximum absolute atomic E-state index is 12.5. The maximum Gasteiger partial charge on any atom is 0.410 e. The van der Waals surface area contributed by atoms with Crippen molar-refractivity contribution in [2.45, 2.75) is 64.6 Å². The number of carbonyl (C=O) groups is 1. The molecule has 1 aliphatic rings. The van der Waals surface area contributed by atoms with Crippen LogP contribution in [0.2, 0.25) is 0 Å². The summed E-state index contributed by atoms with van der Waals surface area (Å²) in [6, 6.07) is 0.475. The highest BCUT2D eigenvalue weighted by molar-refractivity contribution is 7.09. The summed E-state index contributed by atoms with van der Waals surface area (Å²) >= 11 is 1.68. The summed E-state index contributed by atoms with van der Waals surface area (Å²) in [5, 5.41) is 3.12. The molecule has 0 saturated carbocycles. The molecule has 1 saturated heterocycles. The Hall–Kier alpha value is -1.14. The summed E-state index contributed by atoms with van der Waals surface area (Å²) in [6.45, 7) is 9.56. The molecule has 2 rings (SSSR count). The van der Waals surface area contributed by atoms with Gasteiger partial charge in [0.05, 0.1) is 6.04 Å². The number of piperidine rings is 1. The Morgan fingerprint density at radius 1 is 1.52 bits per heavy atom. The number of likely N-dealkylation sites (N-methyl/N-ethyl adjacent to an activating group) is 1. The molecule has 0 aliphatic carbocycles. The highest BCUT2D eigenvalue weighted by atomic mass is 32.1. The Morgan fingerprint density at radius 2 is 2.26 bits per heavy atom. The van der Waals surface area contributed by atoms with E-state index in [-0.39, 0.29) is 18.2 Å². The molecule has 0 N–H and O–H groups in total. The lowest BCUT2D eigenvalue weighted by molar-refractivity contribution is 0.00465. The van der Waals surface area contributed by atoms with Crippen molar-refractivity contribution in [3.8, 4) is 0 Å². The third-order valence-electron chi connectivity index (χ3n) is 4.22. The summed E-state index contributed by atoms with van der Waals surface area (Å²) in [5.41, 5.74) is -0.445.